The fourth-order valence-corrected chi connectivity index (χ4v) is 3.06. The lowest BCUT2D eigenvalue weighted by Crippen LogP contribution is -2.04. The van der Waals surface area contributed by atoms with E-state index in [9.17, 15) is 0 Å². The van der Waals surface area contributed by atoms with E-state index in [0.29, 0.717) is 0 Å². The maximum atomic E-state index is 5.27. The molecule has 0 saturated heterocycles. The summed E-state index contributed by atoms with van der Waals surface area (Å²) in [6.07, 6.45) is 6.93. The molecule has 0 atom stereocenters. The topological polar surface area (TPSA) is 9.23 Å². The molecule has 0 N–H and O–H groups in total. The van der Waals surface area contributed by atoms with Crippen LogP contribution in [0, 0.1) is 0 Å². The van der Waals surface area contributed by atoms with Crippen LogP contribution in [0.2, 0.25) is 0 Å². The molecular weight excluding hydrogens is 220 g/mol. The van der Waals surface area contributed by atoms with Gasteiger partial charge in [0.1, 0.15) is 5.75 Å². The SMILES string of the molecule is COc1ccc2cc(C3CCCCC3)ccc2c1. The minimum atomic E-state index is 0.783. The maximum absolute atomic E-state index is 5.27. The van der Waals surface area contributed by atoms with Crippen LogP contribution in [-0.4, -0.2) is 7.11 Å². The van der Waals surface area contributed by atoms with E-state index in [4.69, 9.17) is 4.74 Å². The van der Waals surface area contributed by atoms with Gasteiger partial charge in [-0.3, -0.25) is 0 Å². The van der Waals surface area contributed by atoms with E-state index in [2.05, 4.69) is 30.3 Å². The molecule has 1 saturated carbocycles. The van der Waals surface area contributed by atoms with Crippen molar-refractivity contribution in [1.29, 1.82) is 0 Å². The lowest BCUT2D eigenvalue weighted by Gasteiger charge is -2.22. The third-order valence-electron chi connectivity index (χ3n) is 4.15. The Morgan fingerprint density at radius 2 is 1.61 bits per heavy atom. The second-order valence-electron chi connectivity index (χ2n) is 5.31. The molecular formula is C17H20O. The molecule has 1 nitrogen and oxygen atoms in total. The molecule has 0 aromatic heterocycles. The van der Waals surface area contributed by atoms with E-state index in [0.717, 1.165) is 11.7 Å². The molecule has 1 fully saturated rings. The van der Waals surface area contributed by atoms with E-state index in [-0.39, 0.29) is 0 Å². The van der Waals surface area contributed by atoms with Gasteiger partial charge < -0.3 is 4.74 Å². The van der Waals surface area contributed by atoms with Crippen LogP contribution in [0.25, 0.3) is 10.8 Å². The van der Waals surface area contributed by atoms with Crippen molar-refractivity contribution in [3.05, 3.63) is 42.0 Å². The average Bonchev–Trinajstić information content (AvgIpc) is 2.47. The summed E-state index contributed by atoms with van der Waals surface area (Å²) in [5.74, 6) is 1.72. The Kier molecular flexibility index (Phi) is 3.22. The summed E-state index contributed by atoms with van der Waals surface area (Å²) in [6.45, 7) is 0. The van der Waals surface area contributed by atoms with Crippen molar-refractivity contribution >= 4 is 10.8 Å². The predicted octanol–water partition coefficient (Wildman–Crippen LogP) is 4.90. The Morgan fingerprint density at radius 1 is 0.889 bits per heavy atom. The Bertz CT molecular complexity index is 538. The summed E-state index contributed by atoms with van der Waals surface area (Å²) < 4.78 is 5.27. The van der Waals surface area contributed by atoms with Crippen LogP contribution in [0.4, 0.5) is 0 Å². The smallest absolute Gasteiger partial charge is 0.119 e. The van der Waals surface area contributed by atoms with E-state index < -0.39 is 0 Å². The number of hydrogen-bond donors (Lipinski definition) is 0. The van der Waals surface area contributed by atoms with E-state index >= 15 is 0 Å². The van der Waals surface area contributed by atoms with Crippen molar-refractivity contribution in [2.24, 2.45) is 0 Å². The molecule has 0 heterocycles. The highest BCUT2D eigenvalue weighted by molar-refractivity contribution is 5.84. The van der Waals surface area contributed by atoms with Gasteiger partial charge in [0.2, 0.25) is 0 Å². The molecule has 0 unspecified atom stereocenters. The summed E-state index contributed by atoms with van der Waals surface area (Å²) in [5.41, 5.74) is 1.52. The van der Waals surface area contributed by atoms with Gasteiger partial charge in [0, 0.05) is 0 Å². The summed E-state index contributed by atoms with van der Waals surface area (Å²) in [4.78, 5) is 0. The van der Waals surface area contributed by atoms with Crippen molar-refractivity contribution in [2.75, 3.05) is 7.11 Å². The van der Waals surface area contributed by atoms with Gasteiger partial charge in [-0.15, -0.1) is 0 Å². The van der Waals surface area contributed by atoms with Crippen molar-refractivity contribution in [3.63, 3.8) is 0 Å². The Morgan fingerprint density at radius 3 is 2.39 bits per heavy atom. The molecule has 0 aliphatic heterocycles. The van der Waals surface area contributed by atoms with Gasteiger partial charge in [0.25, 0.3) is 0 Å². The lowest BCUT2D eigenvalue weighted by atomic mass is 9.83. The fourth-order valence-electron chi connectivity index (χ4n) is 3.06. The van der Waals surface area contributed by atoms with Crippen LogP contribution in [-0.2, 0) is 0 Å². The van der Waals surface area contributed by atoms with E-state index in [1.807, 2.05) is 6.07 Å². The summed E-state index contributed by atoms with van der Waals surface area (Å²) >= 11 is 0. The van der Waals surface area contributed by atoms with Crippen LogP contribution in [0.1, 0.15) is 43.6 Å². The summed E-state index contributed by atoms with van der Waals surface area (Å²) in [5, 5.41) is 2.60. The highest BCUT2D eigenvalue weighted by Gasteiger charge is 2.15. The van der Waals surface area contributed by atoms with E-state index in [1.54, 1.807) is 7.11 Å². The number of ether oxygens (including phenoxy) is 1. The highest BCUT2D eigenvalue weighted by Crippen LogP contribution is 2.34. The first-order chi connectivity index (χ1) is 8.86. The molecule has 0 spiro atoms. The third-order valence-corrected chi connectivity index (χ3v) is 4.15. The number of methoxy groups -OCH3 is 1. The Balaban J connectivity index is 1.95. The van der Waals surface area contributed by atoms with Gasteiger partial charge in [-0.1, -0.05) is 43.5 Å². The van der Waals surface area contributed by atoms with Crippen molar-refractivity contribution < 1.29 is 4.74 Å². The monoisotopic (exact) mass is 240 g/mol. The molecule has 2 aromatic rings. The molecule has 2 aromatic carbocycles. The first kappa shape index (κ1) is 11.6. The van der Waals surface area contributed by atoms with Crippen molar-refractivity contribution in [2.45, 2.75) is 38.0 Å². The molecule has 0 amide bonds. The fraction of sp³-hybridized carbons (Fsp3) is 0.412. The lowest BCUT2D eigenvalue weighted by molar-refractivity contribution is 0.415. The first-order valence-electron chi connectivity index (χ1n) is 6.94. The van der Waals surface area contributed by atoms with Crippen molar-refractivity contribution in [1.82, 2.24) is 0 Å². The zero-order valence-electron chi connectivity index (χ0n) is 11.0. The normalized spacial score (nSPS) is 16.9. The molecule has 94 valence electrons. The Hall–Kier alpha value is -1.50. The molecule has 1 aliphatic carbocycles. The molecule has 3 rings (SSSR count). The molecule has 1 aliphatic rings. The number of benzene rings is 2. The second-order valence-corrected chi connectivity index (χ2v) is 5.31. The highest BCUT2D eigenvalue weighted by atomic mass is 16.5. The third kappa shape index (κ3) is 2.22. The number of fused-ring (bicyclic) bond motifs is 1. The van der Waals surface area contributed by atoms with Crippen LogP contribution in [0.5, 0.6) is 5.75 Å². The maximum Gasteiger partial charge on any atom is 0.119 e. The van der Waals surface area contributed by atoms with Gasteiger partial charge in [0.05, 0.1) is 7.11 Å². The molecule has 0 radical (unpaired) electrons. The second kappa shape index (κ2) is 5.01. The van der Waals surface area contributed by atoms with E-state index in [1.165, 1.54) is 48.4 Å². The van der Waals surface area contributed by atoms with Crippen LogP contribution >= 0.6 is 0 Å². The molecule has 18 heavy (non-hydrogen) atoms. The van der Waals surface area contributed by atoms with Gasteiger partial charge >= 0.3 is 0 Å². The van der Waals surface area contributed by atoms with Crippen LogP contribution in [0.3, 0.4) is 0 Å². The number of hydrogen-bond acceptors (Lipinski definition) is 1. The predicted molar refractivity (Wildman–Crippen MR) is 76.3 cm³/mol. The van der Waals surface area contributed by atoms with Crippen LogP contribution < -0.4 is 4.74 Å². The molecule has 1 heteroatoms. The van der Waals surface area contributed by atoms with Crippen LogP contribution in [0.15, 0.2) is 36.4 Å². The van der Waals surface area contributed by atoms with Gasteiger partial charge in [-0.2, -0.15) is 0 Å². The number of rotatable bonds is 2. The summed E-state index contributed by atoms with van der Waals surface area (Å²) in [7, 11) is 1.72. The average molecular weight is 240 g/mol. The minimum Gasteiger partial charge on any atom is -0.497 e. The summed E-state index contributed by atoms with van der Waals surface area (Å²) in [6, 6.07) is 13.2. The largest absolute Gasteiger partial charge is 0.497 e. The Labute approximate surface area is 109 Å². The first-order valence-corrected chi connectivity index (χ1v) is 6.94. The van der Waals surface area contributed by atoms with Gasteiger partial charge in [-0.05, 0) is 47.2 Å². The van der Waals surface area contributed by atoms with Gasteiger partial charge in [-0.25, -0.2) is 0 Å². The molecule has 0 bridgehead atoms. The zero-order valence-corrected chi connectivity index (χ0v) is 11.0. The standard InChI is InChI=1S/C17H20O/c1-18-17-10-9-15-11-14(7-8-16(15)12-17)13-5-3-2-4-6-13/h7-13H,2-6H2,1H3. The van der Waals surface area contributed by atoms with Gasteiger partial charge in [0.15, 0.2) is 0 Å². The van der Waals surface area contributed by atoms with Crippen molar-refractivity contribution in [3.8, 4) is 5.75 Å². The quantitative estimate of drug-likeness (QED) is 0.725. The zero-order chi connectivity index (χ0) is 12.4. The minimum absolute atomic E-state index is 0.783.